The van der Waals surface area contributed by atoms with Crippen LogP contribution in [0, 0.1) is 34.0 Å². The quantitative estimate of drug-likeness (QED) is 0.835. The number of nitriles is 2. The lowest BCUT2D eigenvalue weighted by Crippen LogP contribution is -2.04. The minimum Gasteiger partial charge on any atom is -0.300 e. The zero-order chi connectivity index (χ0) is 15.1. The van der Waals surface area contributed by atoms with Gasteiger partial charge < -0.3 is 0 Å². The Labute approximate surface area is 113 Å². The highest BCUT2D eigenvalue weighted by Gasteiger charge is 2.69. The van der Waals surface area contributed by atoms with Gasteiger partial charge in [-0.3, -0.25) is 4.79 Å². The summed E-state index contributed by atoms with van der Waals surface area (Å²) in [6, 6.07) is 7.88. The number of benzene rings is 1. The first-order valence-corrected chi connectivity index (χ1v) is 5.78. The number of alkyl halides is 3. The van der Waals surface area contributed by atoms with Crippen LogP contribution in [0.15, 0.2) is 24.3 Å². The molecule has 102 valence electrons. The third kappa shape index (κ3) is 1.94. The summed E-state index contributed by atoms with van der Waals surface area (Å²) < 4.78 is 37.4. The Balaban J connectivity index is 2.37. The van der Waals surface area contributed by atoms with Crippen molar-refractivity contribution in [3.05, 3.63) is 35.4 Å². The van der Waals surface area contributed by atoms with Crippen LogP contribution < -0.4 is 0 Å². The maximum absolute atomic E-state index is 12.5. The first-order valence-electron chi connectivity index (χ1n) is 5.78. The number of rotatable bonds is 2. The average molecular weight is 278 g/mol. The third-order valence-corrected chi connectivity index (χ3v) is 3.61. The van der Waals surface area contributed by atoms with Crippen molar-refractivity contribution in [2.45, 2.75) is 19.0 Å². The number of hydrogen-bond donors (Lipinski definition) is 0. The molecule has 0 amide bonds. The van der Waals surface area contributed by atoms with Gasteiger partial charge >= 0.3 is 6.18 Å². The van der Waals surface area contributed by atoms with Gasteiger partial charge in [0.05, 0.1) is 23.6 Å². The zero-order valence-corrected chi connectivity index (χ0v) is 10.4. The summed E-state index contributed by atoms with van der Waals surface area (Å²) in [5.74, 6) is -1.73. The minimum atomic E-state index is -4.44. The summed E-state index contributed by atoms with van der Waals surface area (Å²) in [6.07, 6.45) is -4.44. The topological polar surface area (TPSA) is 64.7 Å². The van der Waals surface area contributed by atoms with Crippen molar-refractivity contribution in [2.24, 2.45) is 11.3 Å². The van der Waals surface area contributed by atoms with E-state index in [4.69, 9.17) is 10.5 Å². The summed E-state index contributed by atoms with van der Waals surface area (Å²) in [5.41, 5.74) is -1.85. The molecule has 2 unspecified atom stereocenters. The van der Waals surface area contributed by atoms with Crippen LogP contribution in [0.3, 0.4) is 0 Å². The van der Waals surface area contributed by atoms with E-state index in [1.165, 1.54) is 19.1 Å². The summed E-state index contributed by atoms with van der Waals surface area (Å²) in [4.78, 5) is 11.5. The molecule has 0 spiro atoms. The van der Waals surface area contributed by atoms with Gasteiger partial charge in [-0.15, -0.1) is 0 Å². The Morgan fingerprint density at radius 3 is 2.00 bits per heavy atom. The van der Waals surface area contributed by atoms with E-state index < -0.39 is 29.0 Å². The second kappa shape index (κ2) is 4.35. The van der Waals surface area contributed by atoms with Gasteiger partial charge in [0.15, 0.2) is 5.41 Å². The van der Waals surface area contributed by atoms with Crippen LogP contribution in [0.4, 0.5) is 13.2 Å². The molecule has 1 aliphatic rings. The Kier molecular flexibility index (Phi) is 3.06. The predicted octanol–water partition coefficient (Wildman–Crippen LogP) is 3.04. The smallest absolute Gasteiger partial charge is 0.300 e. The number of Topliss-reactive ketones (excluding diaryl/α,β-unsaturated/α-hetero) is 1. The molecule has 6 heteroatoms. The Morgan fingerprint density at radius 2 is 1.70 bits per heavy atom. The first-order chi connectivity index (χ1) is 9.28. The van der Waals surface area contributed by atoms with Crippen molar-refractivity contribution in [2.75, 3.05) is 0 Å². The molecule has 1 saturated carbocycles. The highest BCUT2D eigenvalue weighted by Crippen LogP contribution is 2.64. The van der Waals surface area contributed by atoms with Crippen LogP contribution in [0.1, 0.15) is 24.0 Å². The summed E-state index contributed by atoms with van der Waals surface area (Å²) in [6.45, 7) is 1.28. The van der Waals surface area contributed by atoms with Crippen LogP contribution in [0.5, 0.6) is 0 Å². The van der Waals surface area contributed by atoms with Crippen molar-refractivity contribution in [1.82, 2.24) is 0 Å². The van der Waals surface area contributed by atoms with Gasteiger partial charge in [0.1, 0.15) is 5.78 Å². The van der Waals surface area contributed by atoms with Gasteiger partial charge in [-0.1, -0.05) is 12.1 Å². The van der Waals surface area contributed by atoms with E-state index in [1.54, 1.807) is 0 Å². The molecule has 20 heavy (non-hydrogen) atoms. The number of nitrogens with zero attached hydrogens (tertiary/aromatic N) is 2. The number of hydrogen-bond acceptors (Lipinski definition) is 3. The largest absolute Gasteiger partial charge is 0.416 e. The summed E-state index contributed by atoms with van der Waals surface area (Å²) >= 11 is 0. The van der Waals surface area contributed by atoms with E-state index >= 15 is 0 Å². The fourth-order valence-electron chi connectivity index (χ4n) is 2.58. The van der Waals surface area contributed by atoms with E-state index in [1.807, 2.05) is 12.1 Å². The second-order valence-corrected chi connectivity index (χ2v) is 4.78. The highest BCUT2D eigenvalue weighted by molar-refractivity contribution is 5.87. The zero-order valence-electron chi connectivity index (χ0n) is 10.4. The fraction of sp³-hybridized carbons (Fsp3) is 0.357. The monoisotopic (exact) mass is 278 g/mol. The fourth-order valence-corrected chi connectivity index (χ4v) is 2.58. The van der Waals surface area contributed by atoms with Crippen LogP contribution in [0.25, 0.3) is 0 Å². The van der Waals surface area contributed by atoms with Gasteiger partial charge in [0.25, 0.3) is 0 Å². The standard InChI is InChI=1S/C14H9F3N2O/c1-8(20)11-12(13(11,6-18)7-19)9-2-4-10(5-3-9)14(15,16)17/h2-5,11-12H,1H3. The van der Waals surface area contributed by atoms with E-state index in [0.29, 0.717) is 5.56 Å². The maximum Gasteiger partial charge on any atom is 0.416 e. The number of carbonyl (C=O) groups excluding carboxylic acids is 1. The van der Waals surface area contributed by atoms with E-state index in [-0.39, 0.29) is 5.78 Å². The van der Waals surface area contributed by atoms with Gasteiger partial charge in [0.2, 0.25) is 0 Å². The lowest BCUT2D eigenvalue weighted by molar-refractivity contribution is -0.137. The molecule has 1 aromatic rings. The number of halogens is 3. The highest BCUT2D eigenvalue weighted by atomic mass is 19.4. The number of ketones is 1. The molecular weight excluding hydrogens is 269 g/mol. The Hall–Kier alpha value is -2.34. The molecule has 0 N–H and O–H groups in total. The van der Waals surface area contributed by atoms with Gasteiger partial charge in [0, 0.05) is 5.92 Å². The van der Waals surface area contributed by atoms with Crippen molar-refractivity contribution < 1.29 is 18.0 Å². The Morgan fingerprint density at radius 1 is 1.20 bits per heavy atom. The molecule has 0 saturated heterocycles. The van der Waals surface area contributed by atoms with Crippen LogP contribution in [-0.4, -0.2) is 5.78 Å². The lowest BCUT2D eigenvalue weighted by Gasteiger charge is -2.07. The number of carbonyl (C=O) groups is 1. The minimum absolute atomic E-state index is 0.307. The first kappa shape index (κ1) is 14.1. The molecule has 3 nitrogen and oxygen atoms in total. The van der Waals surface area contributed by atoms with Gasteiger partial charge in [-0.25, -0.2) is 0 Å². The average Bonchev–Trinajstić information content (AvgIpc) is 3.07. The van der Waals surface area contributed by atoms with Gasteiger partial charge in [-0.2, -0.15) is 23.7 Å². The van der Waals surface area contributed by atoms with Gasteiger partial charge in [-0.05, 0) is 24.6 Å². The van der Waals surface area contributed by atoms with Crippen molar-refractivity contribution >= 4 is 5.78 Å². The predicted molar refractivity (Wildman–Crippen MR) is 62.0 cm³/mol. The third-order valence-electron chi connectivity index (χ3n) is 3.61. The van der Waals surface area contributed by atoms with Crippen LogP contribution >= 0.6 is 0 Å². The summed E-state index contributed by atoms with van der Waals surface area (Å²) in [7, 11) is 0. The SMILES string of the molecule is CC(=O)C1C(c2ccc(C(F)(F)F)cc2)C1(C#N)C#N. The van der Waals surface area contributed by atoms with E-state index in [0.717, 1.165) is 12.1 Å². The van der Waals surface area contributed by atoms with Crippen molar-refractivity contribution in [3.63, 3.8) is 0 Å². The normalized spacial score (nSPS) is 23.5. The molecule has 1 fully saturated rings. The summed E-state index contributed by atoms with van der Waals surface area (Å²) in [5, 5.41) is 18.2. The van der Waals surface area contributed by atoms with Crippen LogP contribution in [-0.2, 0) is 11.0 Å². The molecule has 0 bridgehead atoms. The van der Waals surface area contributed by atoms with E-state index in [2.05, 4.69) is 0 Å². The molecule has 1 aromatic carbocycles. The Bertz CT molecular complexity index is 620. The van der Waals surface area contributed by atoms with E-state index in [9.17, 15) is 18.0 Å². The molecule has 0 aliphatic heterocycles. The van der Waals surface area contributed by atoms with Crippen LogP contribution in [0.2, 0.25) is 0 Å². The molecule has 2 atom stereocenters. The lowest BCUT2D eigenvalue weighted by atomic mass is 10.0. The molecular formula is C14H9F3N2O. The molecule has 1 aliphatic carbocycles. The van der Waals surface area contributed by atoms with Crippen molar-refractivity contribution in [3.8, 4) is 12.1 Å². The molecule has 0 aromatic heterocycles. The maximum atomic E-state index is 12.5. The molecule has 0 radical (unpaired) electrons. The molecule has 0 heterocycles. The second-order valence-electron chi connectivity index (χ2n) is 4.78. The molecule has 2 rings (SSSR count). The van der Waals surface area contributed by atoms with Crippen molar-refractivity contribution in [1.29, 1.82) is 10.5 Å².